The third kappa shape index (κ3) is 1.29. The van der Waals surface area contributed by atoms with Crippen molar-refractivity contribution >= 4 is 0 Å². The average molecular weight is 140 g/mol. The molecule has 1 aromatic heterocycles. The molecule has 1 rings (SSSR count). The van der Waals surface area contributed by atoms with Crippen LogP contribution in [0.5, 0.6) is 0 Å². The minimum atomic E-state index is 0.677. The molecule has 0 aliphatic heterocycles. The van der Waals surface area contributed by atoms with Gasteiger partial charge in [-0.25, -0.2) is 4.98 Å². The zero-order chi connectivity index (χ0) is 7.56. The van der Waals surface area contributed by atoms with Gasteiger partial charge in [-0.05, 0) is 20.8 Å². The molecule has 0 radical (unpaired) electrons. The summed E-state index contributed by atoms with van der Waals surface area (Å²) in [6.45, 7) is 6.50. The van der Waals surface area contributed by atoms with Crippen molar-refractivity contribution in [3.05, 3.63) is 17.7 Å². The Labute approximate surface area is 60.6 Å². The van der Waals surface area contributed by atoms with Crippen LogP contribution in [0, 0.1) is 13.8 Å². The Kier molecular flexibility index (Phi) is 1.94. The van der Waals surface area contributed by atoms with Crippen LogP contribution in [-0.2, 0) is 0 Å². The lowest BCUT2D eigenvalue weighted by molar-refractivity contribution is 0.116. The van der Waals surface area contributed by atoms with E-state index in [1.165, 1.54) is 0 Å². The molecule has 0 aliphatic rings. The van der Waals surface area contributed by atoms with E-state index >= 15 is 0 Å². The minimum absolute atomic E-state index is 0.677. The third-order valence-corrected chi connectivity index (χ3v) is 1.23. The highest BCUT2D eigenvalue weighted by atomic mass is 16.7. The maximum atomic E-state index is 5.21. The summed E-state index contributed by atoms with van der Waals surface area (Å²) in [7, 11) is 0. The predicted octanol–water partition coefficient (Wildman–Crippen LogP) is 0.948. The Morgan fingerprint density at radius 1 is 1.60 bits per heavy atom. The van der Waals surface area contributed by atoms with Crippen LogP contribution in [0.2, 0.25) is 0 Å². The monoisotopic (exact) mass is 140 g/mol. The smallest absolute Gasteiger partial charge is 0.141 e. The van der Waals surface area contributed by atoms with Crippen molar-refractivity contribution in [2.45, 2.75) is 20.8 Å². The molecule has 0 fully saturated rings. The van der Waals surface area contributed by atoms with Crippen molar-refractivity contribution in [3.8, 4) is 0 Å². The minimum Gasteiger partial charge on any atom is -0.413 e. The first-order chi connectivity index (χ1) is 4.74. The van der Waals surface area contributed by atoms with Crippen LogP contribution in [0.3, 0.4) is 0 Å². The van der Waals surface area contributed by atoms with Crippen LogP contribution >= 0.6 is 0 Å². The number of nitrogens with zero attached hydrogens (tertiary/aromatic N) is 2. The first-order valence-corrected chi connectivity index (χ1v) is 3.40. The van der Waals surface area contributed by atoms with Crippen LogP contribution in [0.15, 0.2) is 6.20 Å². The number of hydrogen-bond acceptors (Lipinski definition) is 2. The number of rotatable bonds is 2. The molecule has 0 N–H and O–H groups in total. The Morgan fingerprint density at radius 3 is 2.70 bits per heavy atom. The summed E-state index contributed by atoms with van der Waals surface area (Å²) in [5.41, 5.74) is 0.992. The van der Waals surface area contributed by atoms with E-state index in [4.69, 9.17) is 4.84 Å². The van der Waals surface area contributed by atoms with Gasteiger partial charge >= 0.3 is 0 Å². The van der Waals surface area contributed by atoms with Crippen LogP contribution in [0.4, 0.5) is 0 Å². The lowest BCUT2D eigenvalue weighted by atomic mass is 10.6. The van der Waals surface area contributed by atoms with Crippen LogP contribution in [0.1, 0.15) is 18.4 Å². The van der Waals surface area contributed by atoms with Gasteiger partial charge in [-0.2, -0.15) is 4.73 Å². The van der Waals surface area contributed by atoms with Gasteiger partial charge < -0.3 is 4.84 Å². The van der Waals surface area contributed by atoms with E-state index < -0.39 is 0 Å². The van der Waals surface area contributed by atoms with Gasteiger partial charge in [-0.3, -0.25) is 0 Å². The largest absolute Gasteiger partial charge is 0.413 e. The molecule has 10 heavy (non-hydrogen) atoms. The summed E-state index contributed by atoms with van der Waals surface area (Å²) < 4.78 is 1.69. The summed E-state index contributed by atoms with van der Waals surface area (Å²) in [5.74, 6) is 0.902. The lowest BCUT2D eigenvalue weighted by Gasteiger charge is -2.02. The fraction of sp³-hybridized carbons (Fsp3) is 0.571. The molecule has 0 unspecified atom stereocenters. The number of hydrogen-bond donors (Lipinski definition) is 0. The second kappa shape index (κ2) is 2.73. The van der Waals surface area contributed by atoms with Gasteiger partial charge in [0.15, 0.2) is 0 Å². The van der Waals surface area contributed by atoms with Gasteiger partial charge in [0.1, 0.15) is 12.4 Å². The first-order valence-electron chi connectivity index (χ1n) is 3.40. The highest BCUT2D eigenvalue weighted by Crippen LogP contribution is 1.97. The highest BCUT2D eigenvalue weighted by molar-refractivity contribution is 4.98. The van der Waals surface area contributed by atoms with Crippen molar-refractivity contribution in [1.82, 2.24) is 9.71 Å². The second-order valence-electron chi connectivity index (χ2n) is 2.17. The van der Waals surface area contributed by atoms with Crippen molar-refractivity contribution in [2.75, 3.05) is 6.61 Å². The van der Waals surface area contributed by atoms with Crippen molar-refractivity contribution in [1.29, 1.82) is 0 Å². The van der Waals surface area contributed by atoms with Gasteiger partial charge in [0.05, 0.1) is 11.9 Å². The number of aromatic nitrogens is 2. The molecule has 3 nitrogen and oxygen atoms in total. The van der Waals surface area contributed by atoms with E-state index in [9.17, 15) is 0 Å². The highest BCUT2D eigenvalue weighted by Gasteiger charge is 1.97. The molecular formula is C7H12N2O. The average Bonchev–Trinajstić information content (AvgIpc) is 2.13. The lowest BCUT2D eigenvalue weighted by Crippen LogP contribution is -2.10. The Morgan fingerprint density at radius 2 is 2.30 bits per heavy atom. The summed E-state index contributed by atoms with van der Waals surface area (Å²) in [4.78, 5) is 9.38. The zero-order valence-corrected chi connectivity index (χ0v) is 6.59. The molecule has 0 atom stereocenters. The van der Waals surface area contributed by atoms with E-state index in [1.54, 1.807) is 4.73 Å². The summed E-state index contributed by atoms with van der Waals surface area (Å²) in [5, 5.41) is 0. The number of aryl methyl sites for hydroxylation is 2. The molecule has 0 saturated carbocycles. The van der Waals surface area contributed by atoms with Gasteiger partial charge in [-0.15, -0.1) is 0 Å². The molecule has 56 valence electrons. The second-order valence-corrected chi connectivity index (χ2v) is 2.17. The standard InChI is InChI=1S/C7H12N2O/c1-4-10-9-5-6(2)8-7(9)3/h5H,4H2,1-3H3. The predicted molar refractivity (Wildman–Crippen MR) is 38.8 cm³/mol. The molecular weight excluding hydrogens is 128 g/mol. The molecule has 0 amide bonds. The molecule has 0 bridgehead atoms. The SMILES string of the molecule is CCOn1cc(C)nc1C. The van der Waals surface area contributed by atoms with Gasteiger partial charge in [0.2, 0.25) is 0 Å². The van der Waals surface area contributed by atoms with Gasteiger partial charge in [-0.1, -0.05) is 0 Å². The molecule has 0 saturated heterocycles. The molecule has 0 aliphatic carbocycles. The third-order valence-electron chi connectivity index (χ3n) is 1.23. The van der Waals surface area contributed by atoms with Crippen LogP contribution < -0.4 is 4.84 Å². The summed E-state index contributed by atoms with van der Waals surface area (Å²) in [6.07, 6.45) is 1.87. The first kappa shape index (κ1) is 7.12. The summed E-state index contributed by atoms with van der Waals surface area (Å²) in [6, 6.07) is 0. The molecule has 0 spiro atoms. The molecule has 1 aromatic rings. The van der Waals surface area contributed by atoms with Crippen molar-refractivity contribution < 1.29 is 4.84 Å². The van der Waals surface area contributed by atoms with Gasteiger partial charge in [0.25, 0.3) is 0 Å². The quantitative estimate of drug-likeness (QED) is 0.611. The Bertz CT molecular complexity index is 217. The fourth-order valence-corrected chi connectivity index (χ4v) is 0.866. The fourth-order valence-electron chi connectivity index (χ4n) is 0.866. The maximum Gasteiger partial charge on any atom is 0.141 e. The van der Waals surface area contributed by atoms with Crippen molar-refractivity contribution in [2.24, 2.45) is 0 Å². The molecule has 3 heteroatoms. The molecule has 0 aromatic carbocycles. The topological polar surface area (TPSA) is 27.1 Å². The Hall–Kier alpha value is -0.990. The normalized spacial score (nSPS) is 9.90. The van der Waals surface area contributed by atoms with Crippen LogP contribution in [-0.4, -0.2) is 16.3 Å². The van der Waals surface area contributed by atoms with E-state index in [0.29, 0.717) is 6.61 Å². The summed E-state index contributed by atoms with van der Waals surface area (Å²) >= 11 is 0. The van der Waals surface area contributed by atoms with E-state index in [2.05, 4.69) is 4.98 Å². The zero-order valence-electron chi connectivity index (χ0n) is 6.59. The number of imidazole rings is 1. The van der Waals surface area contributed by atoms with Crippen molar-refractivity contribution in [3.63, 3.8) is 0 Å². The molecule has 1 heterocycles. The van der Waals surface area contributed by atoms with Gasteiger partial charge in [0, 0.05) is 0 Å². The van der Waals surface area contributed by atoms with E-state index in [-0.39, 0.29) is 0 Å². The van der Waals surface area contributed by atoms with Crippen LogP contribution in [0.25, 0.3) is 0 Å². The van der Waals surface area contributed by atoms with E-state index in [0.717, 1.165) is 11.5 Å². The van der Waals surface area contributed by atoms with E-state index in [1.807, 2.05) is 27.0 Å². The maximum absolute atomic E-state index is 5.21. The Balaban J connectivity index is 2.81.